The second-order valence-corrected chi connectivity index (χ2v) is 3.15. The number of nitrogens with one attached hydrogen (secondary N) is 1. The van der Waals surface area contributed by atoms with Crippen molar-refractivity contribution in [3.63, 3.8) is 0 Å². The molecule has 4 heteroatoms. The van der Waals surface area contributed by atoms with E-state index in [9.17, 15) is 4.79 Å². The summed E-state index contributed by atoms with van der Waals surface area (Å²) in [5, 5.41) is 8.87. The molecule has 15 heavy (non-hydrogen) atoms. The van der Waals surface area contributed by atoms with Gasteiger partial charge in [-0.15, -0.1) is 0 Å². The van der Waals surface area contributed by atoms with Crippen molar-refractivity contribution in [2.75, 3.05) is 0 Å². The van der Waals surface area contributed by atoms with Crippen molar-refractivity contribution in [2.45, 2.75) is 6.61 Å². The van der Waals surface area contributed by atoms with Crippen LogP contribution < -0.4 is 5.56 Å². The van der Waals surface area contributed by atoms with Gasteiger partial charge in [0.05, 0.1) is 18.6 Å². The molecule has 0 spiro atoms. The van der Waals surface area contributed by atoms with Crippen LogP contribution in [0.4, 0.5) is 0 Å². The Hall–Kier alpha value is -1.94. The zero-order valence-electron chi connectivity index (χ0n) is 7.97. The van der Waals surface area contributed by atoms with Crippen LogP contribution in [0, 0.1) is 0 Å². The lowest BCUT2D eigenvalue weighted by Gasteiger charge is -2.00. The van der Waals surface area contributed by atoms with Crippen molar-refractivity contribution in [1.82, 2.24) is 9.97 Å². The number of rotatable bonds is 2. The van der Waals surface area contributed by atoms with E-state index in [4.69, 9.17) is 5.11 Å². The summed E-state index contributed by atoms with van der Waals surface area (Å²) in [6.45, 7) is 0.0169. The lowest BCUT2D eigenvalue weighted by Crippen LogP contribution is -2.04. The Morgan fingerprint density at radius 3 is 2.60 bits per heavy atom. The predicted octanol–water partition coefficient (Wildman–Crippen LogP) is 0.929. The van der Waals surface area contributed by atoms with Gasteiger partial charge in [-0.1, -0.05) is 24.3 Å². The predicted molar refractivity (Wildman–Crippen MR) is 56.2 cm³/mol. The second-order valence-electron chi connectivity index (χ2n) is 3.15. The van der Waals surface area contributed by atoms with E-state index in [-0.39, 0.29) is 12.2 Å². The largest absolute Gasteiger partial charge is 0.392 e. The minimum absolute atomic E-state index is 0.0169. The van der Waals surface area contributed by atoms with Crippen LogP contribution in [0.2, 0.25) is 0 Å². The van der Waals surface area contributed by atoms with Crippen molar-refractivity contribution >= 4 is 0 Å². The standard InChI is InChI=1S/C11H10N2O2/c14-6-8-1-3-9(4-2-8)10-5-11(15)13-7-12-10/h1-5,7,14H,6H2,(H,12,13,15). The summed E-state index contributed by atoms with van der Waals surface area (Å²) in [5.74, 6) is 0. The first-order valence-electron chi connectivity index (χ1n) is 4.54. The molecule has 2 aromatic rings. The minimum Gasteiger partial charge on any atom is -0.392 e. The number of hydrogen-bond acceptors (Lipinski definition) is 3. The van der Waals surface area contributed by atoms with Crippen molar-refractivity contribution in [3.8, 4) is 11.3 Å². The molecule has 1 aromatic heterocycles. The molecule has 0 atom stereocenters. The van der Waals surface area contributed by atoms with Gasteiger partial charge in [-0.2, -0.15) is 0 Å². The molecule has 0 bridgehead atoms. The van der Waals surface area contributed by atoms with Gasteiger partial charge in [0.1, 0.15) is 0 Å². The van der Waals surface area contributed by atoms with Crippen LogP contribution in [-0.4, -0.2) is 15.1 Å². The molecule has 0 aliphatic rings. The number of aromatic nitrogens is 2. The van der Waals surface area contributed by atoms with Crippen LogP contribution >= 0.6 is 0 Å². The Labute approximate surface area is 86.2 Å². The fourth-order valence-electron chi connectivity index (χ4n) is 1.31. The van der Waals surface area contributed by atoms with E-state index in [1.54, 1.807) is 12.1 Å². The number of nitrogens with zero attached hydrogens (tertiary/aromatic N) is 1. The number of aliphatic hydroxyl groups excluding tert-OH is 1. The lowest BCUT2D eigenvalue weighted by atomic mass is 10.1. The molecule has 0 aliphatic carbocycles. The number of benzene rings is 1. The van der Waals surface area contributed by atoms with Crippen LogP contribution in [0.25, 0.3) is 11.3 Å². The lowest BCUT2D eigenvalue weighted by molar-refractivity contribution is 0.282. The van der Waals surface area contributed by atoms with Gasteiger partial charge in [-0.05, 0) is 5.56 Å². The second kappa shape index (κ2) is 4.06. The van der Waals surface area contributed by atoms with Gasteiger partial charge in [0.2, 0.25) is 0 Å². The third-order valence-corrected chi connectivity index (χ3v) is 2.11. The van der Waals surface area contributed by atoms with Crippen molar-refractivity contribution in [2.24, 2.45) is 0 Å². The summed E-state index contributed by atoms with van der Waals surface area (Å²) in [4.78, 5) is 17.6. The molecule has 0 fully saturated rings. The molecule has 0 aliphatic heterocycles. The Morgan fingerprint density at radius 1 is 1.27 bits per heavy atom. The molecule has 0 radical (unpaired) electrons. The summed E-state index contributed by atoms with van der Waals surface area (Å²) < 4.78 is 0. The number of H-pyrrole nitrogens is 1. The van der Waals surface area contributed by atoms with Crippen LogP contribution in [0.5, 0.6) is 0 Å². The van der Waals surface area contributed by atoms with Crippen LogP contribution in [0.15, 0.2) is 41.5 Å². The van der Waals surface area contributed by atoms with E-state index in [0.29, 0.717) is 5.69 Å². The normalized spacial score (nSPS) is 10.2. The third kappa shape index (κ3) is 2.11. The quantitative estimate of drug-likeness (QED) is 0.761. The van der Waals surface area contributed by atoms with E-state index < -0.39 is 0 Å². The van der Waals surface area contributed by atoms with Gasteiger partial charge < -0.3 is 10.1 Å². The van der Waals surface area contributed by atoms with Gasteiger partial charge >= 0.3 is 0 Å². The molecular formula is C11H10N2O2. The number of aliphatic hydroxyl groups is 1. The molecule has 1 heterocycles. The van der Waals surface area contributed by atoms with Crippen LogP contribution in [-0.2, 0) is 6.61 Å². The highest BCUT2D eigenvalue weighted by Crippen LogP contribution is 2.15. The van der Waals surface area contributed by atoms with Crippen molar-refractivity contribution in [3.05, 3.63) is 52.6 Å². The average molecular weight is 202 g/mol. The average Bonchev–Trinajstić information content (AvgIpc) is 2.29. The Balaban J connectivity index is 2.41. The fourth-order valence-corrected chi connectivity index (χ4v) is 1.31. The van der Waals surface area contributed by atoms with Gasteiger partial charge in [0.25, 0.3) is 5.56 Å². The van der Waals surface area contributed by atoms with E-state index in [0.717, 1.165) is 11.1 Å². The molecular weight excluding hydrogens is 192 g/mol. The van der Waals surface area contributed by atoms with Gasteiger partial charge in [0.15, 0.2) is 0 Å². The smallest absolute Gasteiger partial charge is 0.251 e. The summed E-state index contributed by atoms with van der Waals surface area (Å²) in [6, 6.07) is 8.70. The summed E-state index contributed by atoms with van der Waals surface area (Å²) in [5.41, 5.74) is 2.15. The first-order chi connectivity index (χ1) is 7.29. The molecule has 0 unspecified atom stereocenters. The van der Waals surface area contributed by atoms with E-state index in [1.807, 2.05) is 12.1 Å². The third-order valence-electron chi connectivity index (χ3n) is 2.11. The molecule has 0 saturated carbocycles. The molecule has 2 N–H and O–H groups in total. The molecule has 0 saturated heterocycles. The van der Waals surface area contributed by atoms with E-state index in [1.165, 1.54) is 12.4 Å². The molecule has 1 aromatic carbocycles. The number of aromatic amines is 1. The van der Waals surface area contributed by atoms with Crippen LogP contribution in [0.1, 0.15) is 5.56 Å². The fraction of sp³-hybridized carbons (Fsp3) is 0.0909. The zero-order valence-corrected chi connectivity index (χ0v) is 7.97. The summed E-state index contributed by atoms with van der Waals surface area (Å²) in [7, 11) is 0. The van der Waals surface area contributed by atoms with Crippen LogP contribution in [0.3, 0.4) is 0 Å². The Morgan fingerprint density at radius 2 is 2.00 bits per heavy atom. The molecule has 0 amide bonds. The number of hydrogen-bond donors (Lipinski definition) is 2. The highest BCUT2D eigenvalue weighted by atomic mass is 16.3. The molecule has 4 nitrogen and oxygen atoms in total. The zero-order chi connectivity index (χ0) is 10.7. The summed E-state index contributed by atoms with van der Waals surface area (Å²) in [6.07, 6.45) is 1.37. The maximum absolute atomic E-state index is 11.1. The van der Waals surface area contributed by atoms with Crippen molar-refractivity contribution < 1.29 is 5.11 Å². The van der Waals surface area contributed by atoms with Gasteiger partial charge in [-0.25, -0.2) is 4.98 Å². The first-order valence-corrected chi connectivity index (χ1v) is 4.54. The molecule has 2 rings (SSSR count). The molecule has 76 valence electrons. The van der Waals surface area contributed by atoms with Crippen molar-refractivity contribution in [1.29, 1.82) is 0 Å². The maximum Gasteiger partial charge on any atom is 0.251 e. The topological polar surface area (TPSA) is 66.0 Å². The van der Waals surface area contributed by atoms with Gasteiger partial charge in [-0.3, -0.25) is 4.79 Å². The Kier molecular flexibility index (Phi) is 2.60. The maximum atomic E-state index is 11.1. The summed E-state index contributed by atoms with van der Waals surface area (Å²) >= 11 is 0. The minimum atomic E-state index is -0.175. The SMILES string of the molecule is O=c1cc(-c2ccc(CO)cc2)nc[nH]1. The highest BCUT2D eigenvalue weighted by molar-refractivity contribution is 5.58. The van der Waals surface area contributed by atoms with Gasteiger partial charge in [0, 0.05) is 11.6 Å². The van der Waals surface area contributed by atoms with E-state index in [2.05, 4.69) is 9.97 Å². The highest BCUT2D eigenvalue weighted by Gasteiger charge is 1.99. The monoisotopic (exact) mass is 202 g/mol. The first kappa shape index (κ1) is 9.61. The Bertz CT molecular complexity index is 502. The van der Waals surface area contributed by atoms with E-state index >= 15 is 0 Å².